The molecule has 5 unspecified atom stereocenters. The second-order valence-corrected chi connectivity index (χ2v) is 10.6. The zero-order valence-corrected chi connectivity index (χ0v) is 20.2. The van der Waals surface area contributed by atoms with Crippen LogP contribution in [0.1, 0.15) is 59.3 Å². The molecule has 3 nitrogen and oxygen atoms in total. The predicted molar refractivity (Wildman–Crippen MR) is 126 cm³/mol. The number of likely N-dealkylation sites (N-methyl/N-ethyl adjacent to an activating group) is 1. The summed E-state index contributed by atoms with van der Waals surface area (Å²) in [5.74, 6) is 0.644. The summed E-state index contributed by atoms with van der Waals surface area (Å²) in [5, 5.41) is -0.0937. The molecule has 5 atom stereocenters. The van der Waals surface area contributed by atoms with Crippen LogP contribution in [0.4, 0.5) is 0 Å². The normalized spacial score (nSPS) is 32.8. The number of unbranched alkanes of at least 4 members (excludes halogenated alkanes) is 1. The van der Waals surface area contributed by atoms with Crippen molar-refractivity contribution in [2.75, 3.05) is 20.6 Å². The third-order valence-corrected chi connectivity index (χ3v) is 9.06. The van der Waals surface area contributed by atoms with Gasteiger partial charge in [-0.05, 0) is 76.1 Å². The zero-order valence-electron chi connectivity index (χ0n) is 18.7. The van der Waals surface area contributed by atoms with E-state index in [0.717, 1.165) is 37.1 Å². The van der Waals surface area contributed by atoms with Gasteiger partial charge in [-0.2, -0.15) is 0 Å². The van der Waals surface area contributed by atoms with Crippen molar-refractivity contribution in [2.24, 2.45) is 11.8 Å². The lowest BCUT2D eigenvalue weighted by molar-refractivity contribution is 0.267. The number of allylic oxidation sites excluding steroid dienone is 5. The summed E-state index contributed by atoms with van der Waals surface area (Å²) in [6.45, 7) is 7.54. The Morgan fingerprint density at radius 1 is 1.41 bits per heavy atom. The molecule has 1 heterocycles. The Morgan fingerprint density at radius 2 is 2.17 bits per heavy atom. The third kappa shape index (κ3) is 4.45. The van der Waals surface area contributed by atoms with Crippen LogP contribution in [0.5, 0.6) is 0 Å². The van der Waals surface area contributed by atoms with Gasteiger partial charge >= 0.3 is 0 Å². The van der Waals surface area contributed by atoms with E-state index in [1.807, 2.05) is 7.05 Å². The molecule has 0 aromatic heterocycles. The molecular formula is C24H37ClN2OS. The molecular weight excluding hydrogens is 400 g/mol. The summed E-state index contributed by atoms with van der Waals surface area (Å²) in [6, 6.07) is 0.202. The van der Waals surface area contributed by atoms with Gasteiger partial charge in [-0.15, -0.1) is 11.6 Å². The van der Waals surface area contributed by atoms with E-state index in [1.165, 1.54) is 29.7 Å². The van der Waals surface area contributed by atoms with Gasteiger partial charge in [0.25, 0.3) is 0 Å². The van der Waals surface area contributed by atoms with Crippen LogP contribution in [0.3, 0.4) is 0 Å². The molecule has 3 aliphatic rings. The number of hydrogen-bond donors (Lipinski definition) is 0. The van der Waals surface area contributed by atoms with Gasteiger partial charge in [0.05, 0.1) is 11.4 Å². The summed E-state index contributed by atoms with van der Waals surface area (Å²) < 4.78 is 15.7. The fourth-order valence-electron chi connectivity index (χ4n) is 5.18. The van der Waals surface area contributed by atoms with E-state index in [1.54, 1.807) is 0 Å². The minimum atomic E-state index is -1.17. The van der Waals surface area contributed by atoms with Gasteiger partial charge in [0.1, 0.15) is 11.0 Å². The second-order valence-electron chi connectivity index (χ2n) is 8.65. The minimum Gasteiger partial charge on any atom is -0.296 e. The summed E-state index contributed by atoms with van der Waals surface area (Å²) in [7, 11) is 3.10. The molecule has 0 saturated heterocycles. The smallest absolute Gasteiger partial charge is 0.148 e. The Bertz CT molecular complexity index is 754. The van der Waals surface area contributed by atoms with Crippen molar-refractivity contribution < 1.29 is 4.21 Å². The summed E-state index contributed by atoms with van der Waals surface area (Å²) in [4.78, 5) is 3.54. The van der Waals surface area contributed by atoms with Gasteiger partial charge in [0.2, 0.25) is 0 Å². The minimum absolute atomic E-state index is 0.0836. The quantitative estimate of drug-likeness (QED) is 0.299. The van der Waals surface area contributed by atoms with Gasteiger partial charge in [-0.1, -0.05) is 38.2 Å². The maximum atomic E-state index is 13.7. The Balaban J connectivity index is 2.10. The van der Waals surface area contributed by atoms with Gasteiger partial charge in [0, 0.05) is 23.6 Å². The first-order chi connectivity index (χ1) is 13.9. The number of nitrogens with zero attached hydrogens (tertiary/aromatic N) is 2. The molecule has 0 spiro atoms. The topological polar surface area (TPSA) is 23.6 Å². The molecule has 2 aliphatic carbocycles. The highest BCUT2D eigenvalue weighted by Crippen LogP contribution is 2.46. The van der Waals surface area contributed by atoms with Crippen LogP contribution in [-0.2, 0) is 11.0 Å². The monoisotopic (exact) mass is 436 g/mol. The highest BCUT2D eigenvalue weighted by Gasteiger charge is 2.42. The molecule has 0 bridgehead atoms. The van der Waals surface area contributed by atoms with E-state index >= 15 is 0 Å². The molecule has 162 valence electrons. The Kier molecular flexibility index (Phi) is 7.86. The lowest BCUT2D eigenvalue weighted by atomic mass is 9.76. The zero-order chi connectivity index (χ0) is 21.1. The van der Waals surface area contributed by atoms with Crippen molar-refractivity contribution in [1.29, 1.82) is 0 Å². The van der Waals surface area contributed by atoms with E-state index in [2.05, 4.69) is 61.3 Å². The summed E-state index contributed by atoms with van der Waals surface area (Å²) in [6.07, 6.45) is 15.5. The molecule has 0 radical (unpaired) electrons. The summed E-state index contributed by atoms with van der Waals surface area (Å²) >= 11 is 6.60. The van der Waals surface area contributed by atoms with Crippen LogP contribution in [-0.4, -0.2) is 45.5 Å². The highest BCUT2D eigenvalue weighted by atomic mass is 35.5. The average molecular weight is 437 g/mol. The van der Waals surface area contributed by atoms with Crippen LogP contribution in [0.15, 0.2) is 46.1 Å². The first-order valence-corrected chi connectivity index (χ1v) is 12.7. The Morgan fingerprint density at radius 3 is 2.86 bits per heavy atom. The van der Waals surface area contributed by atoms with Gasteiger partial charge in [-0.25, -0.2) is 4.21 Å². The van der Waals surface area contributed by atoms with E-state index in [4.69, 9.17) is 11.6 Å². The lowest BCUT2D eigenvalue weighted by Crippen LogP contribution is -2.40. The van der Waals surface area contributed by atoms with Crippen molar-refractivity contribution in [1.82, 2.24) is 9.21 Å². The molecule has 3 rings (SSSR count). The van der Waals surface area contributed by atoms with Crippen LogP contribution >= 0.6 is 11.6 Å². The molecule has 0 N–H and O–H groups in total. The molecule has 0 aromatic carbocycles. The maximum Gasteiger partial charge on any atom is 0.148 e. The average Bonchev–Trinajstić information content (AvgIpc) is 2.81. The van der Waals surface area contributed by atoms with E-state index in [0.29, 0.717) is 5.92 Å². The molecule has 0 aromatic rings. The number of rotatable bonds is 6. The molecule has 0 saturated carbocycles. The van der Waals surface area contributed by atoms with Crippen molar-refractivity contribution in [3.8, 4) is 0 Å². The SMILES string of the molecule is CC=CCCCN(C)C1C2=C(C(C)C(Cl)C=C2)S(=O)N(C)C2=C1C(CC)CCC2. The molecule has 1 aliphatic heterocycles. The standard InChI is InChI=1S/C24H37ClN2OS/c1-6-8-9-10-16-26(4)23-19-14-15-20(25)17(3)24(19)29(28)27(5)21-13-11-12-18(7-2)22(21)23/h6,8,14-15,17-18,20,23H,7,9-13,16H2,1-5H3. The lowest BCUT2D eigenvalue weighted by Gasteiger charge is -2.39. The first kappa shape index (κ1) is 22.8. The highest BCUT2D eigenvalue weighted by molar-refractivity contribution is 7.86. The van der Waals surface area contributed by atoms with Crippen LogP contribution < -0.4 is 0 Å². The fraction of sp³-hybridized carbons (Fsp3) is 0.667. The third-order valence-electron chi connectivity index (χ3n) is 6.83. The Labute approximate surface area is 185 Å². The van der Waals surface area contributed by atoms with E-state index < -0.39 is 11.0 Å². The largest absolute Gasteiger partial charge is 0.296 e. The van der Waals surface area contributed by atoms with Crippen LogP contribution in [0.2, 0.25) is 0 Å². The molecule has 29 heavy (non-hydrogen) atoms. The van der Waals surface area contributed by atoms with Crippen molar-refractivity contribution in [3.63, 3.8) is 0 Å². The van der Waals surface area contributed by atoms with Crippen LogP contribution in [0.25, 0.3) is 0 Å². The second kappa shape index (κ2) is 9.98. The maximum absolute atomic E-state index is 13.7. The van der Waals surface area contributed by atoms with Crippen molar-refractivity contribution in [3.05, 3.63) is 46.1 Å². The van der Waals surface area contributed by atoms with Crippen molar-refractivity contribution in [2.45, 2.75) is 70.7 Å². The number of alkyl halides is 1. The first-order valence-electron chi connectivity index (χ1n) is 11.2. The van der Waals surface area contributed by atoms with E-state index in [9.17, 15) is 4.21 Å². The number of halogens is 1. The molecule has 5 heteroatoms. The van der Waals surface area contributed by atoms with Gasteiger partial charge in [0.15, 0.2) is 0 Å². The van der Waals surface area contributed by atoms with Gasteiger partial charge < -0.3 is 0 Å². The molecule has 0 fully saturated rings. The van der Waals surface area contributed by atoms with Gasteiger partial charge in [-0.3, -0.25) is 9.21 Å². The molecule has 0 amide bonds. The van der Waals surface area contributed by atoms with Crippen molar-refractivity contribution >= 4 is 22.6 Å². The van der Waals surface area contributed by atoms with Crippen LogP contribution in [0, 0.1) is 11.8 Å². The summed E-state index contributed by atoms with van der Waals surface area (Å²) in [5.41, 5.74) is 4.06. The predicted octanol–water partition coefficient (Wildman–Crippen LogP) is 5.78. The van der Waals surface area contributed by atoms with E-state index in [-0.39, 0.29) is 17.3 Å². The fourth-order valence-corrected chi connectivity index (χ4v) is 6.99. The Hall–Kier alpha value is -0.840. The number of hydrogen-bond acceptors (Lipinski definition) is 2.